The van der Waals surface area contributed by atoms with Crippen LogP contribution in [0.5, 0.6) is 0 Å². The smallest absolute Gasteiger partial charge is 0.269 e. The van der Waals surface area contributed by atoms with Gasteiger partial charge in [0, 0.05) is 23.4 Å². The highest BCUT2D eigenvalue weighted by molar-refractivity contribution is 7.94. The Balaban J connectivity index is 3.02. The summed E-state index contributed by atoms with van der Waals surface area (Å²) in [5, 5.41) is 10.4. The molecule has 0 saturated carbocycles. The number of carbonyl (C=O) groups excluding carboxylic acids is 1. The van der Waals surface area contributed by atoms with E-state index in [9.17, 15) is 23.3 Å². The van der Waals surface area contributed by atoms with Gasteiger partial charge in [-0.05, 0) is 12.1 Å². The van der Waals surface area contributed by atoms with E-state index in [1.165, 1.54) is 19.1 Å². The first-order valence-corrected chi connectivity index (χ1v) is 7.09. The average molecular weight is 292 g/mol. The van der Waals surface area contributed by atoms with Gasteiger partial charge in [-0.25, -0.2) is 8.42 Å². The molecule has 6 nitrogen and oxygen atoms in total. The maximum absolute atomic E-state index is 11.8. The molecule has 0 bridgehead atoms. The van der Waals surface area contributed by atoms with E-state index in [-0.39, 0.29) is 17.0 Å². The van der Waals surface area contributed by atoms with E-state index in [4.69, 9.17) is 11.6 Å². The van der Waals surface area contributed by atoms with Gasteiger partial charge < -0.3 is 0 Å². The van der Waals surface area contributed by atoms with Crippen molar-refractivity contribution in [3.05, 3.63) is 39.9 Å². The zero-order valence-corrected chi connectivity index (χ0v) is 10.9. The SMILES string of the molecule is CCS(=O)(=O)[C@@H](Cl)C(=O)c1ccc([N+](=O)[O-])cc1. The van der Waals surface area contributed by atoms with Crippen LogP contribution in [-0.2, 0) is 9.84 Å². The van der Waals surface area contributed by atoms with Crippen molar-refractivity contribution >= 4 is 32.9 Å². The fraction of sp³-hybridized carbons (Fsp3) is 0.300. The highest BCUT2D eigenvalue weighted by Crippen LogP contribution is 2.18. The van der Waals surface area contributed by atoms with E-state index in [1.54, 1.807) is 0 Å². The van der Waals surface area contributed by atoms with E-state index >= 15 is 0 Å². The maximum atomic E-state index is 11.8. The van der Waals surface area contributed by atoms with E-state index in [0.717, 1.165) is 12.1 Å². The van der Waals surface area contributed by atoms with E-state index < -0.39 is 25.3 Å². The minimum atomic E-state index is -3.69. The van der Waals surface area contributed by atoms with Crippen molar-refractivity contribution in [2.45, 2.75) is 11.6 Å². The Morgan fingerprint density at radius 1 is 1.39 bits per heavy atom. The van der Waals surface area contributed by atoms with Crippen LogP contribution in [0.15, 0.2) is 24.3 Å². The van der Waals surface area contributed by atoms with Crippen LogP contribution >= 0.6 is 11.6 Å². The fourth-order valence-electron chi connectivity index (χ4n) is 1.19. The Bertz CT molecular complexity index is 566. The first-order valence-electron chi connectivity index (χ1n) is 4.94. The molecule has 1 aromatic carbocycles. The summed E-state index contributed by atoms with van der Waals surface area (Å²) >= 11 is 5.59. The molecule has 0 saturated heterocycles. The first kappa shape index (κ1) is 14.6. The van der Waals surface area contributed by atoms with Crippen molar-refractivity contribution in [3.8, 4) is 0 Å². The summed E-state index contributed by atoms with van der Waals surface area (Å²) in [6.07, 6.45) is 0. The zero-order chi connectivity index (χ0) is 13.9. The van der Waals surface area contributed by atoms with Crippen molar-refractivity contribution in [3.63, 3.8) is 0 Å². The molecular weight excluding hydrogens is 282 g/mol. The number of non-ortho nitro benzene ring substituents is 1. The van der Waals surface area contributed by atoms with Crippen molar-refractivity contribution in [2.75, 3.05) is 5.75 Å². The van der Waals surface area contributed by atoms with Crippen molar-refractivity contribution in [2.24, 2.45) is 0 Å². The van der Waals surface area contributed by atoms with Crippen LogP contribution in [0.3, 0.4) is 0 Å². The van der Waals surface area contributed by atoms with E-state index in [1.807, 2.05) is 0 Å². The Hall–Kier alpha value is -1.47. The highest BCUT2D eigenvalue weighted by Gasteiger charge is 2.29. The molecule has 1 rings (SSSR count). The van der Waals surface area contributed by atoms with E-state index in [2.05, 4.69) is 0 Å². The number of nitro groups is 1. The molecule has 18 heavy (non-hydrogen) atoms. The lowest BCUT2D eigenvalue weighted by atomic mass is 10.1. The van der Waals surface area contributed by atoms with Gasteiger partial charge >= 0.3 is 0 Å². The molecular formula is C10H10ClNO5S. The number of nitro benzene ring substituents is 1. The Morgan fingerprint density at radius 2 is 1.89 bits per heavy atom. The van der Waals surface area contributed by atoms with Gasteiger partial charge in [0.25, 0.3) is 5.69 Å². The molecule has 0 aromatic heterocycles. The van der Waals surface area contributed by atoms with Crippen molar-refractivity contribution in [1.29, 1.82) is 0 Å². The average Bonchev–Trinajstić information content (AvgIpc) is 2.37. The van der Waals surface area contributed by atoms with Crippen molar-refractivity contribution in [1.82, 2.24) is 0 Å². The van der Waals surface area contributed by atoms with Crippen LogP contribution in [0, 0.1) is 10.1 Å². The standard InChI is InChI=1S/C10H10ClNO5S/c1-2-18(16,17)10(11)9(13)7-3-5-8(6-4-7)12(14)15/h3-6,10H,2H2,1H3/t10-/m1/s1. The second-order valence-electron chi connectivity index (χ2n) is 3.44. The van der Waals surface area contributed by atoms with Gasteiger partial charge in [0.2, 0.25) is 0 Å². The lowest BCUT2D eigenvalue weighted by Gasteiger charge is -2.08. The minimum Gasteiger partial charge on any atom is -0.291 e. The fourth-order valence-corrected chi connectivity index (χ4v) is 2.45. The third-order valence-corrected chi connectivity index (χ3v) is 4.95. The molecule has 0 aliphatic rings. The maximum Gasteiger partial charge on any atom is 0.269 e. The monoisotopic (exact) mass is 291 g/mol. The summed E-state index contributed by atoms with van der Waals surface area (Å²) in [6.45, 7) is 1.38. The normalized spacial score (nSPS) is 13.0. The van der Waals surface area contributed by atoms with Gasteiger partial charge in [0.1, 0.15) is 0 Å². The third-order valence-electron chi connectivity index (χ3n) is 2.29. The molecule has 0 N–H and O–H groups in total. The number of rotatable bonds is 5. The number of halogens is 1. The van der Waals surface area contributed by atoms with Crippen LogP contribution in [0.4, 0.5) is 5.69 Å². The number of ketones is 1. The van der Waals surface area contributed by atoms with Gasteiger partial charge in [-0.2, -0.15) is 0 Å². The van der Waals surface area contributed by atoms with Crippen LogP contribution in [0.2, 0.25) is 0 Å². The lowest BCUT2D eigenvalue weighted by molar-refractivity contribution is -0.384. The number of alkyl halides is 1. The van der Waals surface area contributed by atoms with Gasteiger partial charge in [-0.15, -0.1) is 0 Å². The number of hydrogen-bond acceptors (Lipinski definition) is 5. The largest absolute Gasteiger partial charge is 0.291 e. The Kier molecular flexibility index (Phi) is 4.42. The Labute approximate surface area is 109 Å². The van der Waals surface area contributed by atoms with Crippen LogP contribution in [0.25, 0.3) is 0 Å². The van der Waals surface area contributed by atoms with Crippen LogP contribution in [0.1, 0.15) is 17.3 Å². The number of Topliss-reactive ketones (excluding diaryl/α,β-unsaturated/α-hetero) is 1. The minimum absolute atomic E-state index is 0.0256. The third kappa shape index (κ3) is 3.05. The number of sulfone groups is 1. The molecule has 98 valence electrons. The molecule has 0 amide bonds. The summed E-state index contributed by atoms with van der Waals surface area (Å²) in [7, 11) is -3.69. The van der Waals surface area contributed by atoms with Crippen LogP contribution in [-0.4, -0.2) is 29.6 Å². The molecule has 0 aliphatic heterocycles. The van der Waals surface area contributed by atoms with Gasteiger partial charge in [0.05, 0.1) is 4.92 Å². The van der Waals surface area contributed by atoms with Gasteiger partial charge in [0.15, 0.2) is 20.3 Å². The molecule has 0 fully saturated rings. The topological polar surface area (TPSA) is 94.3 Å². The summed E-state index contributed by atoms with van der Waals surface area (Å²) in [4.78, 5) is 21.6. The van der Waals surface area contributed by atoms with E-state index in [0.29, 0.717) is 0 Å². The molecule has 8 heteroatoms. The van der Waals surface area contributed by atoms with Crippen molar-refractivity contribution < 1.29 is 18.1 Å². The summed E-state index contributed by atoms with van der Waals surface area (Å²) in [5.74, 6) is -1.03. The molecule has 0 radical (unpaired) electrons. The predicted molar refractivity (Wildman–Crippen MR) is 66.5 cm³/mol. The second-order valence-corrected chi connectivity index (χ2v) is 6.51. The predicted octanol–water partition coefficient (Wildman–Crippen LogP) is 1.78. The number of carbonyl (C=O) groups is 1. The number of benzene rings is 1. The molecule has 0 heterocycles. The van der Waals surface area contributed by atoms with Gasteiger partial charge in [-0.3, -0.25) is 14.9 Å². The molecule has 0 spiro atoms. The molecule has 1 atom stereocenters. The summed E-state index contributed by atoms with van der Waals surface area (Å²) in [5.41, 5.74) is -0.159. The molecule has 1 aromatic rings. The summed E-state index contributed by atoms with van der Waals surface area (Å²) in [6, 6.07) is 4.60. The van der Waals surface area contributed by atoms with Gasteiger partial charge in [-0.1, -0.05) is 18.5 Å². The second kappa shape index (κ2) is 5.45. The quantitative estimate of drug-likeness (QED) is 0.357. The Morgan fingerprint density at radius 3 is 2.28 bits per heavy atom. The first-order chi connectivity index (χ1) is 8.29. The van der Waals surface area contributed by atoms with Crippen LogP contribution < -0.4 is 0 Å². The molecule has 0 unspecified atom stereocenters. The number of hydrogen-bond donors (Lipinski definition) is 0. The number of nitrogens with zero attached hydrogens (tertiary/aromatic N) is 1. The highest BCUT2D eigenvalue weighted by atomic mass is 35.5. The lowest BCUT2D eigenvalue weighted by Crippen LogP contribution is -2.26. The zero-order valence-electron chi connectivity index (χ0n) is 9.37. The molecule has 0 aliphatic carbocycles. The summed E-state index contributed by atoms with van der Waals surface area (Å²) < 4.78 is 21.2.